The zero-order chi connectivity index (χ0) is 15.6. The minimum absolute atomic E-state index is 0.346. The van der Waals surface area contributed by atoms with Crippen LogP contribution in [-0.2, 0) is 4.79 Å². The Bertz CT molecular complexity index is 671. The van der Waals surface area contributed by atoms with Crippen LogP contribution in [0.1, 0.15) is 36.0 Å². The fraction of sp³-hybridized carbons (Fsp3) is 0.312. The summed E-state index contributed by atoms with van der Waals surface area (Å²) >= 11 is 0. The predicted octanol–water partition coefficient (Wildman–Crippen LogP) is 2.00. The van der Waals surface area contributed by atoms with E-state index in [9.17, 15) is 14.7 Å². The molecule has 0 unspecified atom stereocenters. The topological polar surface area (TPSA) is 84.2 Å². The normalized spacial score (nSPS) is 16.4. The van der Waals surface area contributed by atoms with E-state index in [2.05, 4.69) is 10.3 Å². The highest BCUT2D eigenvalue weighted by molar-refractivity contribution is 5.98. The van der Waals surface area contributed by atoms with E-state index in [-0.39, 0.29) is 5.91 Å². The number of amides is 1. The predicted molar refractivity (Wildman–Crippen MR) is 79.9 cm³/mol. The maximum absolute atomic E-state index is 12.3. The summed E-state index contributed by atoms with van der Waals surface area (Å²) in [5, 5.41) is 12.1. The molecule has 1 fully saturated rings. The summed E-state index contributed by atoms with van der Waals surface area (Å²) in [6, 6.07) is 6.99. The molecule has 1 aromatic heterocycles. The molecule has 0 saturated heterocycles. The minimum atomic E-state index is -1.11. The Labute approximate surface area is 127 Å². The van der Waals surface area contributed by atoms with Crippen LogP contribution in [-0.4, -0.2) is 32.1 Å². The number of carbonyl (C=O) groups excluding carboxylic acids is 1. The Kier molecular flexibility index (Phi) is 3.66. The van der Waals surface area contributed by atoms with Crippen molar-refractivity contribution < 1.29 is 14.7 Å². The molecule has 1 heterocycles. The van der Waals surface area contributed by atoms with Crippen LogP contribution in [0.5, 0.6) is 0 Å². The number of hydrogen-bond donors (Lipinski definition) is 2. The molecule has 0 aliphatic heterocycles. The molecule has 1 aliphatic rings. The SMILES string of the molecule is O=C(NC1(C(=O)O)CCCC1)c1ccc(-n2ccnc2)cc1. The van der Waals surface area contributed by atoms with Crippen LogP contribution in [0.3, 0.4) is 0 Å². The summed E-state index contributed by atoms with van der Waals surface area (Å²) in [5.74, 6) is -1.30. The van der Waals surface area contributed by atoms with Crippen molar-refractivity contribution >= 4 is 11.9 Å². The molecule has 114 valence electrons. The Morgan fingerprint density at radius 1 is 1.18 bits per heavy atom. The van der Waals surface area contributed by atoms with Gasteiger partial charge in [-0.25, -0.2) is 9.78 Å². The molecule has 3 rings (SSSR count). The number of aromatic nitrogens is 2. The van der Waals surface area contributed by atoms with Crippen LogP contribution in [0.2, 0.25) is 0 Å². The summed E-state index contributed by atoms with van der Waals surface area (Å²) in [7, 11) is 0. The van der Waals surface area contributed by atoms with Gasteiger partial charge in [-0.1, -0.05) is 12.8 Å². The van der Waals surface area contributed by atoms with Crippen LogP contribution in [0, 0.1) is 0 Å². The van der Waals surface area contributed by atoms with Gasteiger partial charge in [0.15, 0.2) is 0 Å². The van der Waals surface area contributed by atoms with Crippen molar-refractivity contribution in [2.45, 2.75) is 31.2 Å². The van der Waals surface area contributed by atoms with Gasteiger partial charge in [-0.3, -0.25) is 4.79 Å². The van der Waals surface area contributed by atoms with Crippen molar-refractivity contribution in [3.8, 4) is 5.69 Å². The van der Waals surface area contributed by atoms with E-state index in [1.165, 1.54) is 0 Å². The maximum Gasteiger partial charge on any atom is 0.329 e. The maximum atomic E-state index is 12.3. The molecular formula is C16H17N3O3. The van der Waals surface area contributed by atoms with Gasteiger partial charge in [-0.2, -0.15) is 0 Å². The van der Waals surface area contributed by atoms with E-state index in [0.29, 0.717) is 18.4 Å². The number of nitrogens with zero attached hydrogens (tertiary/aromatic N) is 2. The van der Waals surface area contributed by atoms with E-state index >= 15 is 0 Å². The Balaban J connectivity index is 1.76. The number of carboxylic acid groups (broad SMARTS) is 1. The molecule has 1 amide bonds. The summed E-state index contributed by atoms with van der Waals surface area (Å²) in [6.07, 6.45) is 7.79. The number of aliphatic carboxylic acids is 1. The number of carbonyl (C=O) groups is 2. The first-order valence-electron chi connectivity index (χ1n) is 7.25. The highest BCUT2D eigenvalue weighted by Crippen LogP contribution is 2.30. The zero-order valence-corrected chi connectivity index (χ0v) is 12.0. The second kappa shape index (κ2) is 5.63. The van der Waals surface area contributed by atoms with Crippen molar-refractivity contribution in [2.24, 2.45) is 0 Å². The smallest absolute Gasteiger partial charge is 0.329 e. The van der Waals surface area contributed by atoms with Gasteiger partial charge < -0.3 is 15.0 Å². The number of rotatable bonds is 4. The highest BCUT2D eigenvalue weighted by Gasteiger charge is 2.42. The van der Waals surface area contributed by atoms with Gasteiger partial charge in [0.1, 0.15) is 5.54 Å². The van der Waals surface area contributed by atoms with Crippen molar-refractivity contribution in [3.63, 3.8) is 0 Å². The molecule has 1 aliphatic carbocycles. The van der Waals surface area contributed by atoms with E-state index in [1.807, 2.05) is 10.8 Å². The fourth-order valence-corrected chi connectivity index (χ4v) is 2.86. The van der Waals surface area contributed by atoms with Crippen LogP contribution in [0.25, 0.3) is 5.69 Å². The van der Waals surface area contributed by atoms with E-state index < -0.39 is 11.5 Å². The lowest BCUT2D eigenvalue weighted by Gasteiger charge is -2.25. The third-order valence-corrected chi connectivity index (χ3v) is 4.15. The standard InChI is InChI=1S/C16H17N3O3/c20-14(18-16(15(21)22)7-1-2-8-16)12-3-5-13(6-4-12)19-10-9-17-11-19/h3-6,9-11H,1-2,7-8H2,(H,18,20)(H,21,22). The molecule has 2 N–H and O–H groups in total. The summed E-state index contributed by atoms with van der Waals surface area (Å²) < 4.78 is 1.83. The second-order valence-corrected chi connectivity index (χ2v) is 5.57. The summed E-state index contributed by atoms with van der Waals surface area (Å²) in [5.41, 5.74) is 0.236. The summed E-state index contributed by atoms with van der Waals surface area (Å²) in [4.78, 5) is 27.8. The quantitative estimate of drug-likeness (QED) is 0.904. The minimum Gasteiger partial charge on any atom is -0.480 e. The molecule has 0 spiro atoms. The average molecular weight is 299 g/mol. The second-order valence-electron chi connectivity index (χ2n) is 5.57. The third kappa shape index (κ3) is 2.59. The molecule has 1 saturated carbocycles. The van der Waals surface area contributed by atoms with Gasteiger partial charge in [-0.15, -0.1) is 0 Å². The molecule has 0 radical (unpaired) electrons. The Morgan fingerprint density at radius 3 is 2.41 bits per heavy atom. The average Bonchev–Trinajstić information content (AvgIpc) is 3.19. The zero-order valence-electron chi connectivity index (χ0n) is 12.0. The van der Waals surface area contributed by atoms with Gasteiger partial charge in [0.2, 0.25) is 0 Å². The fourth-order valence-electron chi connectivity index (χ4n) is 2.86. The third-order valence-electron chi connectivity index (χ3n) is 4.15. The first kappa shape index (κ1) is 14.3. The molecule has 2 aromatic rings. The van der Waals surface area contributed by atoms with Gasteiger partial charge in [0.05, 0.1) is 6.33 Å². The Morgan fingerprint density at radius 2 is 1.86 bits per heavy atom. The van der Waals surface area contributed by atoms with Crippen LogP contribution < -0.4 is 5.32 Å². The molecule has 0 bridgehead atoms. The van der Waals surface area contributed by atoms with E-state index in [4.69, 9.17) is 0 Å². The monoisotopic (exact) mass is 299 g/mol. The van der Waals surface area contributed by atoms with Crippen molar-refractivity contribution in [3.05, 3.63) is 48.5 Å². The molecular weight excluding hydrogens is 282 g/mol. The lowest BCUT2D eigenvalue weighted by atomic mass is 9.97. The first-order chi connectivity index (χ1) is 10.6. The molecule has 1 aromatic carbocycles. The van der Waals surface area contributed by atoms with Crippen molar-refractivity contribution in [2.75, 3.05) is 0 Å². The number of hydrogen-bond acceptors (Lipinski definition) is 3. The van der Waals surface area contributed by atoms with Gasteiger partial charge in [0, 0.05) is 23.6 Å². The number of carboxylic acids is 1. The Hall–Kier alpha value is -2.63. The molecule has 22 heavy (non-hydrogen) atoms. The van der Waals surface area contributed by atoms with Crippen LogP contribution in [0.15, 0.2) is 43.0 Å². The lowest BCUT2D eigenvalue weighted by molar-refractivity contribution is -0.144. The van der Waals surface area contributed by atoms with Gasteiger partial charge in [-0.05, 0) is 37.1 Å². The number of benzene rings is 1. The van der Waals surface area contributed by atoms with Gasteiger partial charge >= 0.3 is 5.97 Å². The molecule has 0 atom stereocenters. The number of nitrogens with one attached hydrogen (secondary N) is 1. The van der Waals surface area contributed by atoms with Gasteiger partial charge in [0.25, 0.3) is 5.91 Å². The molecule has 6 nitrogen and oxygen atoms in total. The first-order valence-corrected chi connectivity index (χ1v) is 7.25. The highest BCUT2D eigenvalue weighted by atomic mass is 16.4. The lowest BCUT2D eigenvalue weighted by Crippen LogP contribution is -2.52. The van der Waals surface area contributed by atoms with E-state index in [1.54, 1.807) is 36.8 Å². The van der Waals surface area contributed by atoms with Crippen LogP contribution in [0.4, 0.5) is 0 Å². The van der Waals surface area contributed by atoms with Crippen LogP contribution >= 0.6 is 0 Å². The molecule has 6 heteroatoms. The number of imidazole rings is 1. The largest absolute Gasteiger partial charge is 0.480 e. The van der Waals surface area contributed by atoms with E-state index in [0.717, 1.165) is 18.5 Å². The van der Waals surface area contributed by atoms with Crippen molar-refractivity contribution in [1.29, 1.82) is 0 Å². The van der Waals surface area contributed by atoms with Crippen molar-refractivity contribution in [1.82, 2.24) is 14.9 Å². The summed E-state index contributed by atoms with van der Waals surface area (Å²) in [6.45, 7) is 0.